The minimum absolute atomic E-state index is 0.136. The van der Waals surface area contributed by atoms with Crippen LogP contribution in [-0.4, -0.2) is 35.8 Å². The summed E-state index contributed by atoms with van der Waals surface area (Å²) in [5.41, 5.74) is 7.84. The summed E-state index contributed by atoms with van der Waals surface area (Å²) >= 11 is 0. The number of aryl methyl sites for hydroxylation is 1. The Bertz CT molecular complexity index is 836. The number of hydrogen-bond donors (Lipinski definition) is 2. The number of ether oxygens (including phenoxy) is 2. The third-order valence-electron chi connectivity index (χ3n) is 4.34. The van der Waals surface area contributed by atoms with E-state index < -0.39 is 5.91 Å². The Morgan fingerprint density at radius 1 is 1.07 bits per heavy atom. The van der Waals surface area contributed by atoms with Crippen LogP contribution in [0.3, 0.4) is 0 Å². The molecule has 8 heteroatoms. The van der Waals surface area contributed by atoms with Crippen molar-refractivity contribution in [2.24, 2.45) is 5.92 Å². The lowest BCUT2D eigenvalue weighted by molar-refractivity contribution is -0.121. The number of hydrazine groups is 1. The molecule has 152 valence electrons. The Kier molecular flexibility index (Phi) is 7.03. The second-order valence-electron chi connectivity index (χ2n) is 7.01. The molecule has 0 saturated heterocycles. The van der Waals surface area contributed by atoms with Crippen molar-refractivity contribution in [3.63, 3.8) is 0 Å². The Hall–Kier alpha value is -3.03. The van der Waals surface area contributed by atoms with Crippen molar-refractivity contribution in [3.8, 4) is 11.5 Å². The van der Waals surface area contributed by atoms with Crippen LogP contribution in [0.2, 0.25) is 0 Å². The summed E-state index contributed by atoms with van der Waals surface area (Å²) in [5.74, 6) is 0.645. The fourth-order valence-electron chi connectivity index (χ4n) is 2.86. The molecule has 1 aromatic carbocycles. The van der Waals surface area contributed by atoms with Gasteiger partial charge in [0.25, 0.3) is 5.91 Å². The molecule has 0 spiro atoms. The largest absolute Gasteiger partial charge is 0.497 e. The molecule has 0 aliphatic heterocycles. The number of carbonyl (C=O) groups is 2. The van der Waals surface area contributed by atoms with Gasteiger partial charge in [0.2, 0.25) is 5.91 Å². The van der Waals surface area contributed by atoms with Gasteiger partial charge in [0.1, 0.15) is 11.5 Å². The lowest BCUT2D eigenvalue weighted by Gasteiger charge is -2.11. The van der Waals surface area contributed by atoms with E-state index in [2.05, 4.69) is 29.8 Å². The quantitative estimate of drug-likeness (QED) is 0.709. The second-order valence-corrected chi connectivity index (χ2v) is 7.01. The standard InChI is InChI=1S/C20H28N4O4/c1-12(2)11-24-14(4)18(13(3)23-24)10-19(25)21-22-20(26)15-7-16(27-5)9-17(8-15)28-6/h7-9,12H,10-11H2,1-6H3,(H,21,25)(H,22,26). The Balaban J connectivity index is 2.01. The van der Waals surface area contributed by atoms with E-state index in [1.54, 1.807) is 18.2 Å². The summed E-state index contributed by atoms with van der Waals surface area (Å²) in [6, 6.07) is 4.79. The Labute approximate surface area is 165 Å². The van der Waals surface area contributed by atoms with Gasteiger partial charge in [-0.05, 0) is 31.9 Å². The molecule has 2 rings (SSSR count). The molecule has 0 bridgehead atoms. The molecule has 2 amide bonds. The lowest BCUT2D eigenvalue weighted by atomic mass is 10.1. The van der Waals surface area contributed by atoms with Crippen molar-refractivity contribution >= 4 is 11.8 Å². The summed E-state index contributed by atoms with van der Waals surface area (Å²) < 4.78 is 12.2. The van der Waals surface area contributed by atoms with Crippen molar-refractivity contribution in [3.05, 3.63) is 40.7 Å². The van der Waals surface area contributed by atoms with Gasteiger partial charge in [-0.25, -0.2) is 0 Å². The highest BCUT2D eigenvalue weighted by atomic mass is 16.5. The fourth-order valence-corrected chi connectivity index (χ4v) is 2.86. The van der Waals surface area contributed by atoms with E-state index in [1.165, 1.54) is 14.2 Å². The normalized spacial score (nSPS) is 10.7. The summed E-state index contributed by atoms with van der Waals surface area (Å²) in [7, 11) is 3.00. The summed E-state index contributed by atoms with van der Waals surface area (Å²) in [4.78, 5) is 24.7. The van der Waals surface area contributed by atoms with E-state index >= 15 is 0 Å². The number of benzene rings is 1. The maximum atomic E-state index is 12.3. The molecule has 0 atom stereocenters. The predicted molar refractivity (Wildman–Crippen MR) is 105 cm³/mol. The molecule has 0 fully saturated rings. The van der Waals surface area contributed by atoms with Crippen molar-refractivity contribution in [2.75, 3.05) is 14.2 Å². The molecular formula is C20H28N4O4. The number of nitrogens with one attached hydrogen (secondary N) is 2. The lowest BCUT2D eigenvalue weighted by Crippen LogP contribution is -2.42. The predicted octanol–water partition coefficient (Wildman–Crippen LogP) is 2.18. The molecule has 28 heavy (non-hydrogen) atoms. The van der Waals surface area contributed by atoms with Crippen LogP contribution in [0.4, 0.5) is 0 Å². The number of carbonyl (C=O) groups excluding carboxylic acids is 2. The maximum absolute atomic E-state index is 12.3. The highest BCUT2D eigenvalue weighted by Crippen LogP contribution is 2.22. The monoisotopic (exact) mass is 388 g/mol. The van der Waals surface area contributed by atoms with Crippen LogP contribution in [-0.2, 0) is 17.8 Å². The highest BCUT2D eigenvalue weighted by Gasteiger charge is 2.16. The number of aromatic nitrogens is 2. The van der Waals surface area contributed by atoms with E-state index in [-0.39, 0.29) is 12.3 Å². The molecule has 0 aliphatic rings. The van der Waals surface area contributed by atoms with Crippen LogP contribution in [0.5, 0.6) is 11.5 Å². The smallest absolute Gasteiger partial charge is 0.269 e. The van der Waals surface area contributed by atoms with Gasteiger partial charge in [0, 0.05) is 29.4 Å². The van der Waals surface area contributed by atoms with Crippen molar-refractivity contribution in [1.29, 1.82) is 0 Å². The zero-order valence-corrected chi connectivity index (χ0v) is 17.3. The fraction of sp³-hybridized carbons (Fsp3) is 0.450. The van der Waals surface area contributed by atoms with E-state index in [0.717, 1.165) is 23.5 Å². The molecule has 2 aromatic rings. The number of nitrogens with zero attached hydrogens (tertiary/aromatic N) is 2. The van der Waals surface area contributed by atoms with Crippen molar-refractivity contribution < 1.29 is 19.1 Å². The molecule has 0 radical (unpaired) electrons. The van der Waals surface area contributed by atoms with Gasteiger partial charge in [-0.15, -0.1) is 0 Å². The zero-order valence-electron chi connectivity index (χ0n) is 17.3. The Morgan fingerprint density at radius 2 is 1.68 bits per heavy atom. The molecule has 2 N–H and O–H groups in total. The van der Waals surface area contributed by atoms with Crippen LogP contribution < -0.4 is 20.3 Å². The third-order valence-corrected chi connectivity index (χ3v) is 4.34. The number of rotatable bonds is 7. The van der Waals surface area contributed by atoms with Crippen LogP contribution in [0.1, 0.15) is 41.2 Å². The summed E-state index contributed by atoms with van der Waals surface area (Å²) in [5, 5.41) is 4.51. The van der Waals surface area contributed by atoms with Crippen molar-refractivity contribution in [1.82, 2.24) is 20.6 Å². The molecule has 1 aromatic heterocycles. The van der Waals surface area contributed by atoms with Crippen molar-refractivity contribution in [2.45, 2.75) is 40.7 Å². The molecule has 0 aliphatic carbocycles. The molecule has 8 nitrogen and oxygen atoms in total. The van der Waals surface area contributed by atoms with Gasteiger partial charge in [-0.3, -0.25) is 25.1 Å². The van der Waals surface area contributed by atoms with E-state index in [1.807, 2.05) is 18.5 Å². The second kappa shape index (κ2) is 9.25. The Morgan fingerprint density at radius 3 is 2.21 bits per heavy atom. The number of amides is 2. The first-order valence-electron chi connectivity index (χ1n) is 9.10. The minimum Gasteiger partial charge on any atom is -0.497 e. The summed E-state index contributed by atoms with van der Waals surface area (Å²) in [6.45, 7) is 8.86. The first-order valence-corrected chi connectivity index (χ1v) is 9.10. The van der Waals surface area contributed by atoms with Crippen LogP contribution in [0.25, 0.3) is 0 Å². The van der Waals surface area contributed by atoms with Crippen LogP contribution in [0.15, 0.2) is 18.2 Å². The molecule has 1 heterocycles. The highest BCUT2D eigenvalue weighted by molar-refractivity contribution is 5.96. The number of hydrogen-bond acceptors (Lipinski definition) is 5. The maximum Gasteiger partial charge on any atom is 0.269 e. The van der Waals surface area contributed by atoms with Gasteiger partial charge in [0.05, 0.1) is 26.3 Å². The number of methoxy groups -OCH3 is 2. The van der Waals surface area contributed by atoms with E-state index in [0.29, 0.717) is 23.0 Å². The minimum atomic E-state index is -0.463. The van der Waals surface area contributed by atoms with Gasteiger partial charge in [0.15, 0.2) is 0 Å². The van der Waals surface area contributed by atoms with E-state index in [4.69, 9.17) is 9.47 Å². The molecule has 0 unspecified atom stereocenters. The van der Waals surface area contributed by atoms with Crippen LogP contribution in [0, 0.1) is 19.8 Å². The molecule has 0 saturated carbocycles. The van der Waals surface area contributed by atoms with Crippen LogP contribution >= 0.6 is 0 Å². The van der Waals surface area contributed by atoms with Gasteiger partial charge in [-0.2, -0.15) is 5.10 Å². The first kappa shape index (κ1) is 21.3. The topological polar surface area (TPSA) is 94.5 Å². The SMILES string of the molecule is COc1cc(OC)cc(C(=O)NNC(=O)Cc2c(C)nn(CC(C)C)c2C)c1. The third kappa shape index (κ3) is 5.25. The first-order chi connectivity index (χ1) is 13.2. The van der Waals surface area contributed by atoms with E-state index in [9.17, 15) is 9.59 Å². The summed E-state index contributed by atoms with van der Waals surface area (Å²) in [6.07, 6.45) is 0.136. The zero-order chi connectivity index (χ0) is 20.8. The van der Waals surface area contributed by atoms with Gasteiger partial charge < -0.3 is 9.47 Å². The van der Waals surface area contributed by atoms with Gasteiger partial charge >= 0.3 is 0 Å². The molecular weight excluding hydrogens is 360 g/mol. The van der Waals surface area contributed by atoms with Gasteiger partial charge in [-0.1, -0.05) is 13.8 Å². The average Bonchev–Trinajstić information content (AvgIpc) is 2.92. The average molecular weight is 388 g/mol.